The average molecular weight is 269 g/mol. The van der Waals surface area contributed by atoms with Crippen molar-refractivity contribution in [1.29, 1.82) is 5.26 Å². The molecule has 104 valence electrons. The van der Waals surface area contributed by atoms with Crippen LogP contribution in [0.3, 0.4) is 0 Å². The Bertz CT molecular complexity index is 651. The van der Waals surface area contributed by atoms with E-state index in [0.29, 0.717) is 5.56 Å². The Morgan fingerprint density at radius 2 is 2.15 bits per heavy atom. The summed E-state index contributed by atoms with van der Waals surface area (Å²) in [6.07, 6.45) is 1.62. The second kappa shape index (κ2) is 5.85. The molecule has 0 saturated heterocycles. The molecular formula is C15H19N5. The van der Waals surface area contributed by atoms with Crippen LogP contribution in [0.15, 0.2) is 18.2 Å². The van der Waals surface area contributed by atoms with E-state index in [-0.39, 0.29) is 6.04 Å². The smallest absolute Gasteiger partial charge is 0.103 e. The minimum Gasteiger partial charge on any atom is -0.323 e. The van der Waals surface area contributed by atoms with Crippen LogP contribution in [0.4, 0.5) is 0 Å². The Balaban J connectivity index is 2.59. The summed E-state index contributed by atoms with van der Waals surface area (Å²) in [5.74, 6) is 0. The molecule has 0 aliphatic rings. The van der Waals surface area contributed by atoms with Gasteiger partial charge in [-0.05, 0) is 37.5 Å². The second-order valence-corrected chi connectivity index (χ2v) is 4.81. The van der Waals surface area contributed by atoms with E-state index in [2.05, 4.69) is 23.3 Å². The predicted octanol–water partition coefficient (Wildman–Crippen LogP) is 2.42. The summed E-state index contributed by atoms with van der Waals surface area (Å²) in [6.45, 7) is 6.09. The maximum atomic E-state index is 9.04. The third kappa shape index (κ3) is 2.43. The Kier molecular flexibility index (Phi) is 4.16. The number of hydrogen-bond donors (Lipinski definition) is 1. The molecule has 1 atom stereocenters. The molecule has 0 aliphatic heterocycles. The average Bonchev–Trinajstić information content (AvgIpc) is 2.90. The predicted molar refractivity (Wildman–Crippen MR) is 77.4 cm³/mol. The number of nitrogens with zero attached hydrogens (tertiary/aromatic N) is 4. The van der Waals surface area contributed by atoms with E-state index in [0.717, 1.165) is 35.5 Å². The van der Waals surface area contributed by atoms with Crippen LogP contribution in [-0.4, -0.2) is 15.0 Å². The fourth-order valence-electron chi connectivity index (χ4n) is 2.23. The van der Waals surface area contributed by atoms with Gasteiger partial charge in [0.15, 0.2) is 0 Å². The Hall–Kier alpha value is -2.19. The maximum Gasteiger partial charge on any atom is 0.103 e. The molecule has 0 saturated carbocycles. The van der Waals surface area contributed by atoms with Gasteiger partial charge in [0, 0.05) is 0 Å². The van der Waals surface area contributed by atoms with Crippen LogP contribution in [0.5, 0.6) is 0 Å². The zero-order valence-electron chi connectivity index (χ0n) is 12.1. The van der Waals surface area contributed by atoms with Crippen molar-refractivity contribution in [3.05, 3.63) is 40.7 Å². The summed E-state index contributed by atoms with van der Waals surface area (Å²) in [5.41, 5.74) is 10.5. The van der Waals surface area contributed by atoms with Crippen LogP contribution in [0.25, 0.3) is 5.69 Å². The highest BCUT2D eigenvalue weighted by Gasteiger charge is 2.18. The second-order valence-electron chi connectivity index (χ2n) is 4.81. The van der Waals surface area contributed by atoms with E-state index in [9.17, 15) is 0 Å². The fraction of sp³-hybridized carbons (Fsp3) is 0.400. The first-order chi connectivity index (χ1) is 9.62. The number of aromatic nitrogens is 3. The lowest BCUT2D eigenvalue weighted by atomic mass is 10.1. The van der Waals surface area contributed by atoms with Crippen LogP contribution in [-0.2, 0) is 6.42 Å². The van der Waals surface area contributed by atoms with Crippen molar-refractivity contribution < 1.29 is 0 Å². The zero-order valence-corrected chi connectivity index (χ0v) is 12.1. The van der Waals surface area contributed by atoms with Gasteiger partial charge in [0.2, 0.25) is 0 Å². The quantitative estimate of drug-likeness (QED) is 0.924. The van der Waals surface area contributed by atoms with Crippen molar-refractivity contribution in [2.75, 3.05) is 0 Å². The highest BCUT2D eigenvalue weighted by Crippen LogP contribution is 2.22. The minimum absolute atomic E-state index is 0.0989. The van der Waals surface area contributed by atoms with E-state index in [1.807, 2.05) is 26.0 Å². The molecule has 2 N–H and O–H groups in total. The largest absolute Gasteiger partial charge is 0.323 e. The molecule has 1 aromatic heterocycles. The van der Waals surface area contributed by atoms with Crippen molar-refractivity contribution >= 4 is 0 Å². The number of aryl methyl sites for hydroxylation is 1. The first-order valence-corrected chi connectivity index (χ1v) is 6.83. The first kappa shape index (κ1) is 14.2. The van der Waals surface area contributed by atoms with Crippen molar-refractivity contribution in [1.82, 2.24) is 15.0 Å². The van der Waals surface area contributed by atoms with Crippen LogP contribution in [0, 0.1) is 18.3 Å². The summed E-state index contributed by atoms with van der Waals surface area (Å²) < 4.78 is 1.81. The van der Waals surface area contributed by atoms with Gasteiger partial charge in [-0.25, -0.2) is 4.68 Å². The molecule has 5 heteroatoms. The number of hydrogen-bond acceptors (Lipinski definition) is 4. The lowest BCUT2D eigenvalue weighted by molar-refractivity contribution is 0.665. The minimum atomic E-state index is -0.0989. The van der Waals surface area contributed by atoms with Gasteiger partial charge < -0.3 is 5.73 Å². The van der Waals surface area contributed by atoms with Crippen molar-refractivity contribution in [3.8, 4) is 11.8 Å². The van der Waals surface area contributed by atoms with E-state index < -0.39 is 0 Å². The van der Waals surface area contributed by atoms with E-state index in [1.54, 1.807) is 10.7 Å². The molecule has 1 heterocycles. The summed E-state index contributed by atoms with van der Waals surface area (Å²) in [4.78, 5) is 0. The van der Waals surface area contributed by atoms with Crippen molar-refractivity contribution in [2.24, 2.45) is 5.73 Å². The van der Waals surface area contributed by atoms with Gasteiger partial charge in [-0.15, -0.1) is 5.10 Å². The number of benzene rings is 1. The first-order valence-electron chi connectivity index (χ1n) is 6.83. The van der Waals surface area contributed by atoms with Gasteiger partial charge in [0.25, 0.3) is 0 Å². The van der Waals surface area contributed by atoms with E-state index in [1.165, 1.54) is 0 Å². The lowest BCUT2D eigenvalue weighted by Gasteiger charge is -2.11. The molecule has 1 unspecified atom stereocenters. The summed E-state index contributed by atoms with van der Waals surface area (Å²) in [6, 6.07) is 7.63. The molecule has 0 radical (unpaired) electrons. The summed E-state index contributed by atoms with van der Waals surface area (Å²) in [5, 5.41) is 17.5. The molecule has 2 rings (SSSR count). The number of rotatable bonds is 4. The molecule has 2 aromatic rings. The van der Waals surface area contributed by atoms with E-state index >= 15 is 0 Å². The third-order valence-corrected chi connectivity index (χ3v) is 3.49. The highest BCUT2D eigenvalue weighted by molar-refractivity contribution is 5.47. The standard InChI is InChI=1S/C15H19N5/c1-4-12(17)15-13(5-2)20(19-18-15)14-8-11(9-16)7-6-10(14)3/h6-8,12H,4-5,17H2,1-3H3. The highest BCUT2D eigenvalue weighted by atomic mass is 15.4. The SMILES string of the molecule is CCc1c(C(N)CC)nnn1-c1cc(C#N)ccc1C. The van der Waals surface area contributed by atoms with Gasteiger partial charge in [-0.2, -0.15) is 5.26 Å². The maximum absolute atomic E-state index is 9.04. The van der Waals surface area contributed by atoms with Gasteiger partial charge in [-0.1, -0.05) is 25.1 Å². The molecular weight excluding hydrogens is 250 g/mol. The molecule has 5 nitrogen and oxygen atoms in total. The zero-order chi connectivity index (χ0) is 14.7. The van der Waals surface area contributed by atoms with Crippen LogP contribution in [0.2, 0.25) is 0 Å². The number of nitrogens with two attached hydrogens (primary N) is 1. The van der Waals surface area contributed by atoms with Gasteiger partial charge in [-0.3, -0.25) is 0 Å². The molecule has 0 fully saturated rings. The van der Waals surface area contributed by atoms with Gasteiger partial charge in [0.05, 0.1) is 29.1 Å². The third-order valence-electron chi connectivity index (χ3n) is 3.49. The fourth-order valence-corrected chi connectivity index (χ4v) is 2.23. The number of nitriles is 1. The molecule has 0 amide bonds. The molecule has 0 aliphatic carbocycles. The van der Waals surface area contributed by atoms with E-state index in [4.69, 9.17) is 11.0 Å². The van der Waals surface area contributed by atoms with Gasteiger partial charge in [0.1, 0.15) is 5.69 Å². The normalized spacial score (nSPS) is 12.2. The lowest BCUT2D eigenvalue weighted by Crippen LogP contribution is -2.12. The Morgan fingerprint density at radius 1 is 1.40 bits per heavy atom. The van der Waals surface area contributed by atoms with Crippen LogP contribution in [0.1, 0.15) is 48.8 Å². The van der Waals surface area contributed by atoms with Gasteiger partial charge >= 0.3 is 0 Å². The molecule has 20 heavy (non-hydrogen) atoms. The van der Waals surface area contributed by atoms with Crippen molar-refractivity contribution in [3.63, 3.8) is 0 Å². The topological polar surface area (TPSA) is 80.5 Å². The molecule has 0 spiro atoms. The Labute approximate surface area is 119 Å². The van der Waals surface area contributed by atoms with Crippen molar-refractivity contribution in [2.45, 2.75) is 39.7 Å². The van der Waals surface area contributed by atoms with Crippen LogP contribution >= 0.6 is 0 Å². The van der Waals surface area contributed by atoms with Crippen LogP contribution < -0.4 is 5.73 Å². The molecule has 0 bridgehead atoms. The Morgan fingerprint density at radius 3 is 2.75 bits per heavy atom. The summed E-state index contributed by atoms with van der Waals surface area (Å²) in [7, 11) is 0. The monoisotopic (exact) mass is 269 g/mol. The molecule has 1 aromatic carbocycles. The summed E-state index contributed by atoms with van der Waals surface area (Å²) >= 11 is 0.